The lowest BCUT2D eigenvalue weighted by Crippen LogP contribution is -2.19. The molecule has 0 amide bonds. The van der Waals surface area contributed by atoms with Gasteiger partial charge in [-0.2, -0.15) is 0 Å². The molecule has 0 unspecified atom stereocenters. The van der Waals surface area contributed by atoms with Crippen LogP contribution in [-0.2, 0) is 17.8 Å². The molecule has 3 aromatic carbocycles. The van der Waals surface area contributed by atoms with E-state index in [9.17, 15) is 19.5 Å². The summed E-state index contributed by atoms with van der Waals surface area (Å²) in [6.45, 7) is -0.291. The van der Waals surface area contributed by atoms with Gasteiger partial charge in [-0.05, 0) is 41.8 Å². The molecular formula is C23H15NO4. The van der Waals surface area contributed by atoms with Crippen LogP contribution in [0.4, 0.5) is 0 Å². The van der Waals surface area contributed by atoms with Gasteiger partial charge in [-0.3, -0.25) is 14.4 Å². The van der Waals surface area contributed by atoms with Crippen molar-refractivity contribution in [2.45, 2.75) is 13.0 Å². The van der Waals surface area contributed by atoms with Gasteiger partial charge in [0.05, 0.1) is 11.0 Å². The quantitative estimate of drug-likeness (QED) is 0.484. The van der Waals surface area contributed by atoms with Crippen molar-refractivity contribution in [2.24, 2.45) is 0 Å². The number of carbonyl (C=O) groups is 2. The normalized spacial score (nSPS) is 12.8. The fourth-order valence-electron chi connectivity index (χ4n) is 4.12. The molecule has 1 aliphatic rings. The molecular weight excluding hydrogens is 354 g/mol. The van der Waals surface area contributed by atoms with Crippen LogP contribution in [-0.4, -0.2) is 21.4 Å². The molecule has 0 saturated heterocycles. The molecule has 5 heteroatoms. The van der Waals surface area contributed by atoms with Crippen LogP contribution in [0.5, 0.6) is 0 Å². The lowest BCUT2D eigenvalue weighted by Gasteiger charge is -2.21. The number of carboxylic acid groups (broad SMARTS) is 1. The Morgan fingerprint density at radius 2 is 1.61 bits per heavy atom. The van der Waals surface area contributed by atoms with E-state index in [1.807, 2.05) is 18.2 Å². The SMILES string of the molecule is O=C(O)Cn1c2ccccc2c(=O)c2cc3c(cc21)C(=O)c1ccccc1C3. The van der Waals surface area contributed by atoms with Crippen molar-refractivity contribution in [3.8, 4) is 0 Å². The monoisotopic (exact) mass is 369 g/mol. The zero-order valence-corrected chi connectivity index (χ0v) is 14.8. The zero-order chi connectivity index (χ0) is 19.4. The highest BCUT2D eigenvalue weighted by Crippen LogP contribution is 2.31. The van der Waals surface area contributed by atoms with Gasteiger partial charge < -0.3 is 9.67 Å². The number of aromatic nitrogens is 1. The van der Waals surface area contributed by atoms with Crippen LogP contribution in [0.25, 0.3) is 21.8 Å². The van der Waals surface area contributed by atoms with Crippen LogP contribution >= 0.6 is 0 Å². The van der Waals surface area contributed by atoms with Crippen molar-refractivity contribution >= 4 is 33.6 Å². The van der Waals surface area contributed by atoms with Crippen molar-refractivity contribution in [2.75, 3.05) is 0 Å². The maximum atomic E-state index is 13.1. The predicted octanol–water partition coefficient (Wildman–Crippen LogP) is 3.37. The van der Waals surface area contributed by atoms with E-state index in [2.05, 4.69) is 0 Å². The molecule has 1 aromatic heterocycles. The van der Waals surface area contributed by atoms with Crippen LogP contribution < -0.4 is 5.43 Å². The molecule has 0 fully saturated rings. The number of carbonyl (C=O) groups excluding carboxylic acids is 1. The van der Waals surface area contributed by atoms with Gasteiger partial charge in [0.1, 0.15) is 6.54 Å². The van der Waals surface area contributed by atoms with Crippen LogP contribution in [0.3, 0.4) is 0 Å². The Morgan fingerprint density at radius 3 is 2.43 bits per heavy atom. The van der Waals surface area contributed by atoms with E-state index < -0.39 is 5.97 Å². The Bertz CT molecular complexity index is 1380. The fraction of sp³-hybridized carbons (Fsp3) is 0.0870. The summed E-state index contributed by atoms with van der Waals surface area (Å²) in [6, 6.07) is 17.8. The number of rotatable bonds is 2. The van der Waals surface area contributed by atoms with Crippen LogP contribution in [0.1, 0.15) is 27.0 Å². The standard InChI is InChI=1S/C23H15NO4/c25-21(26)12-24-19-8-4-3-7-16(19)23(28)18-10-14-9-13-5-1-2-6-15(13)22(27)17(14)11-20(18)24/h1-8,10-11H,9,12H2,(H,25,26). The predicted molar refractivity (Wildman–Crippen MR) is 106 cm³/mol. The number of pyridine rings is 1. The van der Waals surface area contributed by atoms with E-state index in [4.69, 9.17) is 0 Å². The largest absolute Gasteiger partial charge is 0.480 e. The number of hydrogen-bond acceptors (Lipinski definition) is 3. The number of ketones is 1. The van der Waals surface area contributed by atoms with Gasteiger partial charge in [0.25, 0.3) is 0 Å². The van der Waals surface area contributed by atoms with Crippen LogP contribution in [0, 0.1) is 0 Å². The fourth-order valence-corrected chi connectivity index (χ4v) is 4.12. The first kappa shape index (κ1) is 16.4. The summed E-state index contributed by atoms with van der Waals surface area (Å²) in [7, 11) is 0. The molecule has 4 aromatic rings. The first-order valence-corrected chi connectivity index (χ1v) is 8.97. The van der Waals surface area contributed by atoms with Gasteiger partial charge in [-0.1, -0.05) is 36.4 Å². The van der Waals surface area contributed by atoms with Gasteiger partial charge in [0.2, 0.25) is 0 Å². The topological polar surface area (TPSA) is 76.4 Å². The number of carboxylic acids is 1. The Balaban J connectivity index is 1.89. The number of benzene rings is 3. The first-order valence-electron chi connectivity index (χ1n) is 8.97. The summed E-state index contributed by atoms with van der Waals surface area (Å²) in [6.07, 6.45) is 0.568. The highest BCUT2D eigenvalue weighted by Gasteiger charge is 2.25. The van der Waals surface area contributed by atoms with E-state index in [-0.39, 0.29) is 17.8 Å². The summed E-state index contributed by atoms with van der Waals surface area (Å²) in [5.74, 6) is -1.11. The molecule has 136 valence electrons. The maximum absolute atomic E-state index is 13.1. The van der Waals surface area contributed by atoms with E-state index >= 15 is 0 Å². The molecule has 1 heterocycles. The minimum Gasteiger partial charge on any atom is -0.480 e. The Morgan fingerprint density at radius 1 is 0.857 bits per heavy atom. The van der Waals surface area contributed by atoms with E-state index in [0.29, 0.717) is 39.4 Å². The smallest absolute Gasteiger partial charge is 0.323 e. The summed E-state index contributed by atoms with van der Waals surface area (Å²) in [5, 5.41) is 10.3. The zero-order valence-electron chi connectivity index (χ0n) is 14.8. The molecule has 0 saturated carbocycles. The third-order valence-corrected chi connectivity index (χ3v) is 5.38. The minimum atomic E-state index is -1.01. The average molecular weight is 369 g/mol. The molecule has 1 N–H and O–H groups in total. The van der Waals surface area contributed by atoms with Gasteiger partial charge in [0, 0.05) is 21.9 Å². The van der Waals surface area contributed by atoms with Crippen molar-refractivity contribution in [1.29, 1.82) is 0 Å². The summed E-state index contributed by atoms with van der Waals surface area (Å²) in [4.78, 5) is 37.6. The molecule has 1 aliphatic carbocycles. The van der Waals surface area contributed by atoms with Crippen molar-refractivity contribution in [1.82, 2.24) is 4.57 Å². The third kappa shape index (κ3) is 2.29. The molecule has 0 spiro atoms. The van der Waals surface area contributed by atoms with Crippen molar-refractivity contribution < 1.29 is 14.7 Å². The van der Waals surface area contributed by atoms with Crippen LogP contribution in [0.15, 0.2) is 65.5 Å². The number of aliphatic carboxylic acids is 1. The molecule has 5 rings (SSSR count). The minimum absolute atomic E-state index is 0.0961. The average Bonchev–Trinajstić information content (AvgIpc) is 2.70. The summed E-state index contributed by atoms with van der Waals surface area (Å²) in [5.41, 5.74) is 3.78. The molecule has 0 aliphatic heterocycles. The lowest BCUT2D eigenvalue weighted by atomic mass is 9.84. The highest BCUT2D eigenvalue weighted by atomic mass is 16.4. The van der Waals surface area contributed by atoms with Crippen molar-refractivity contribution in [3.63, 3.8) is 0 Å². The Labute approximate surface area is 159 Å². The second kappa shape index (κ2) is 5.89. The van der Waals surface area contributed by atoms with E-state index in [1.165, 1.54) is 0 Å². The Hall–Kier alpha value is -3.73. The third-order valence-electron chi connectivity index (χ3n) is 5.38. The number of nitrogens with zero attached hydrogens (tertiary/aromatic N) is 1. The van der Waals surface area contributed by atoms with E-state index in [0.717, 1.165) is 11.1 Å². The van der Waals surface area contributed by atoms with Crippen LogP contribution in [0.2, 0.25) is 0 Å². The Kier molecular flexibility index (Phi) is 3.46. The van der Waals surface area contributed by atoms with Gasteiger partial charge in [-0.15, -0.1) is 0 Å². The molecule has 0 atom stereocenters. The molecule has 0 bridgehead atoms. The molecule has 0 radical (unpaired) electrons. The number of fused-ring (bicyclic) bond motifs is 4. The molecule has 28 heavy (non-hydrogen) atoms. The lowest BCUT2D eigenvalue weighted by molar-refractivity contribution is -0.137. The summed E-state index contributed by atoms with van der Waals surface area (Å²) < 4.78 is 1.60. The first-order chi connectivity index (χ1) is 13.5. The summed E-state index contributed by atoms with van der Waals surface area (Å²) >= 11 is 0. The van der Waals surface area contributed by atoms with Gasteiger partial charge in [-0.25, -0.2) is 0 Å². The second-order valence-corrected chi connectivity index (χ2v) is 7.02. The van der Waals surface area contributed by atoms with E-state index in [1.54, 1.807) is 47.0 Å². The van der Waals surface area contributed by atoms with Crippen molar-refractivity contribution in [3.05, 3.63) is 93.1 Å². The maximum Gasteiger partial charge on any atom is 0.323 e. The highest BCUT2D eigenvalue weighted by molar-refractivity contribution is 6.14. The van der Waals surface area contributed by atoms with Gasteiger partial charge in [0.15, 0.2) is 11.2 Å². The van der Waals surface area contributed by atoms with Gasteiger partial charge >= 0.3 is 5.97 Å². The molecule has 5 nitrogen and oxygen atoms in total. The number of para-hydroxylation sites is 1. The number of hydrogen-bond donors (Lipinski definition) is 1. The second-order valence-electron chi connectivity index (χ2n) is 7.02.